The summed E-state index contributed by atoms with van der Waals surface area (Å²) in [6.07, 6.45) is 1.78. The van der Waals surface area contributed by atoms with Crippen LogP contribution >= 0.6 is 0 Å². The Morgan fingerprint density at radius 2 is 1.91 bits per heavy atom. The zero-order chi connectivity index (χ0) is 16.8. The number of carbonyl (C=O) groups excluding carboxylic acids is 2. The molecule has 1 aliphatic heterocycles. The lowest BCUT2D eigenvalue weighted by Crippen LogP contribution is -2.47. The van der Waals surface area contributed by atoms with E-state index in [9.17, 15) is 9.59 Å². The van der Waals surface area contributed by atoms with Gasteiger partial charge in [-0.3, -0.25) is 9.59 Å². The van der Waals surface area contributed by atoms with Gasteiger partial charge in [0.15, 0.2) is 0 Å². The van der Waals surface area contributed by atoms with Gasteiger partial charge in [0.25, 0.3) is 0 Å². The number of nitrogens with one attached hydrogen (secondary N) is 1. The molecule has 4 heteroatoms. The van der Waals surface area contributed by atoms with E-state index in [2.05, 4.69) is 24.4 Å². The second kappa shape index (κ2) is 8.14. The molecule has 1 heterocycles. The van der Waals surface area contributed by atoms with Gasteiger partial charge in [0, 0.05) is 25.6 Å². The molecule has 1 aromatic rings. The summed E-state index contributed by atoms with van der Waals surface area (Å²) in [6.45, 7) is 7.91. The predicted molar refractivity (Wildman–Crippen MR) is 92.0 cm³/mol. The molecular formula is C19H28N2O2. The van der Waals surface area contributed by atoms with Gasteiger partial charge in [-0.05, 0) is 24.3 Å². The Morgan fingerprint density at radius 3 is 2.57 bits per heavy atom. The first-order valence-electron chi connectivity index (χ1n) is 8.60. The van der Waals surface area contributed by atoms with Crippen LogP contribution in [0, 0.1) is 11.8 Å². The molecule has 0 aliphatic carbocycles. The molecule has 4 nitrogen and oxygen atoms in total. The molecule has 23 heavy (non-hydrogen) atoms. The second-order valence-corrected chi connectivity index (χ2v) is 6.83. The highest BCUT2D eigenvalue weighted by Gasteiger charge is 2.29. The van der Waals surface area contributed by atoms with Gasteiger partial charge in [-0.15, -0.1) is 0 Å². The smallest absolute Gasteiger partial charge is 0.225 e. The largest absolute Gasteiger partial charge is 0.355 e. The van der Waals surface area contributed by atoms with Gasteiger partial charge in [-0.25, -0.2) is 0 Å². The Bertz CT molecular complexity index is 527. The van der Waals surface area contributed by atoms with E-state index < -0.39 is 0 Å². The van der Waals surface area contributed by atoms with Crippen molar-refractivity contribution in [1.82, 2.24) is 10.2 Å². The second-order valence-electron chi connectivity index (χ2n) is 6.83. The van der Waals surface area contributed by atoms with Gasteiger partial charge < -0.3 is 10.2 Å². The van der Waals surface area contributed by atoms with E-state index in [0.717, 1.165) is 19.4 Å². The van der Waals surface area contributed by atoms with Gasteiger partial charge in [0.1, 0.15) is 0 Å². The standard InChI is InChI=1S/C19H28N2O2/c1-14(2)19(23)21-11-7-10-17(13-21)18(22)20-12-15(3)16-8-5-4-6-9-16/h4-6,8-9,14-15,17H,7,10-13H2,1-3H3,(H,20,22)/t15-,17-/m1/s1. The molecule has 0 bridgehead atoms. The van der Waals surface area contributed by atoms with E-state index in [1.165, 1.54) is 5.56 Å². The van der Waals surface area contributed by atoms with E-state index in [4.69, 9.17) is 0 Å². The van der Waals surface area contributed by atoms with Crippen LogP contribution in [0.4, 0.5) is 0 Å². The lowest BCUT2D eigenvalue weighted by Gasteiger charge is -2.33. The topological polar surface area (TPSA) is 49.4 Å². The van der Waals surface area contributed by atoms with Crippen LogP contribution < -0.4 is 5.32 Å². The summed E-state index contributed by atoms with van der Waals surface area (Å²) < 4.78 is 0. The Labute approximate surface area is 139 Å². The third-order valence-electron chi connectivity index (χ3n) is 4.55. The van der Waals surface area contributed by atoms with E-state index >= 15 is 0 Å². The Hall–Kier alpha value is -1.84. The molecule has 0 saturated carbocycles. The van der Waals surface area contributed by atoms with Crippen LogP contribution in [0.15, 0.2) is 30.3 Å². The number of benzene rings is 1. The zero-order valence-corrected chi connectivity index (χ0v) is 14.4. The predicted octanol–water partition coefficient (Wildman–Crippen LogP) is 2.80. The van der Waals surface area contributed by atoms with Crippen LogP contribution in [0.1, 0.15) is 45.1 Å². The highest BCUT2D eigenvalue weighted by molar-refractivity contribution is 5.82. The first-order chi connectivity index (χ1) is 11.0. The quantitative estimate of drug-likeness (QED) is 0.908. The SMILES string of the molecule is CC(C)C(=O)N1CCC[C@@H](C(=O)NC[C@@H](C)c2ccccc2)C1. The van der Waals surface area contributed by atoms with Crippen molar-refractivity contribution in [3.05, 3.63) is 35.9 Å². The normalized spacial score (nSPS) is 19.5. The van der Waals surface area contributed by atoms with E-state index in [-0.39, 0.29) is 29.6 Å². The maximum absolute atomic E-state index is 12.4. The van der Waals surface area contributed by atoms with Crippen LogP contribution in [0.25, 0.3) is 0 Å². The summed E-state index contributed by atoms with van der Waals surface area (Å²) >= 11 is 0. The molecule has 0 unspecified atom stereocenters. The minimum atomic E-state index is -0.0746. The monoisotopic (exact) mass is 316 g/mol. The molecule has 0 radical (unpaired) electrons. The first-order valence-corrected chi connectivity index (χ1v) is 8.60. The average molecular weight is 316 g/mol. The van der Waals surface area contributed by atoms with Gasteiger partial charge in [0.2, 0.25) is 11.8 Å². The minimum absolute atomic E-state index is 0.00471. The molecular weight excluding hydrogens is 288 g/mol. The average Bonchev–Trinajstić information content (AvgIpc) is 2.59. The summed E-state index contributed by atoms with van der Waals surface area (Å²) in [5.41, 5.74) is 1.23. The fourth-order valence-corrected chi connectivity index (χ4v) is 3.05. The van der Waals surface area contributed by atoms with Crippen LogP contribution in [0.5, 0.6) is 0 Å². The van der Waals surface area contributed by atoms with Gasteiger partial charge in [0.05, 0.1) is 5.92 Å². The molecule has 0 spiro atoms. The number of carbonyl (C=O) groups is 2. The van der Waals surface area contributed by atoms with Crippen LogP contribution in [0.2, 0.25) is 0 Å². The van der Waals surface area contributed by atoms with Crippen molar-refractivity contribution < 1.29 is 9.59 Å². The fourth-order valence-electron chi connectivity index (χ4n) is 3.05. The highest BCUT2D eigenvalue weighted by Crippen LogP contribution is 2.19. The minimum Gasteiger partial charge on any atom is -0.355 e. The van der Waals surface area contributed by atoms with E-state index in [0.29, 0.717) is 13.1 Å². The van der Waals surface area contributed by atoms with Crippen LogP contribution in [0.3, 0.4) is 0 Å². The summed E-state index contributed by atoms with van der Waals surface area (Å²) in [5.74, 6) is 0.440. The fraction of sp³-hybridized carbons (Fsp3) is 0.579. The van der Waals surface area contributed by atoms with Crippen LogP contribution in [-0.4, -0.2) is 36.3 Å². The molecule has 1 aliphatic rings. The Kier molecular flexibility index (Phi) is 6.20. The number of amides is 2. The third-order valence-corrected chi connectivity index (χ3v) is 4.55. The Balaban J connectivity index is 1.84. The van der Waals surface area contributed by atoms with Crippen molar-refractivity contribution in [2.75, 3.05) is 19.6 Å². The molecule has 2 rings (SSSR count). The van der Waals surface area contributed by atoms with Crippen molar-refractivity contribution >= 4 is 11.8 Å². The van der Waals surface area contributed by atoms with Gasteiger partial charge >= 0.3 is 0 Å². The van der Waals surface area contributed by atoms with E-state index in [1.54, 1.807) is 0 Å². The number of nitrogens with zero attached hydrogens (tertiary/aromatic N) is 1. The maximum atomic E-state index is 12.4. The lowest BCUT2D eigenvalue weighted by molar-refractivity contribution is -0.138. The van der Waals surface area contributed by atoms with Crippen molar-refractivity contribution in [2.24, 2.45) is 11.8 Å². The molecule has 0 aromatic heterocycles. The van der Waals surface area contributed by atoms with E-state index in [1.807, 2.05) is 36.9 Å². The molecule has 2 amide bonds. The maximum Gasteiger partial charge on any atom is 0.225 e. The van der Waals surface area contributed by atoms with Crippen molar-refractivity contribution in [1.29, 1.82) is 0 Å². The summed E-state index contributed by atoms with van der Waals surface area (Å²) in [6, 6.07) is 10.2. The van der Waals surface area contributed by atoms with Crippen LogP contribution in [-0.2, 0) is 9.59 Å². The molecule has 2 atom stereocenters. The molecule has 1 N–H and O–H groups in total. The van der Waals surface area contributed by atoms with Crippen molar-refractivity contribution in [3.8, 4) is 0 Å². The first kappa shape index (κ1) is 17.5. The Morgan fingerprint density at radius 1 is 1.22 bits per heavy atom. The highest BCUT2D eigenvalue weighted by atomic mass is 16.2. The molecule has 1 aromatic carbocycles. The summed E-state index contributed by atoms with van der Waals surface area (Å²) in [5, 5.41) is 3.06. The molecule has 1 saturated heterocycles. The molecule has 1 fully saturated rings. The number of hydrogen-bond donors (Lipinski definition) is 1. The number of rotatable bonds is 5. The lowest BCUT2D eigenvalue weighted by atomic mass is 9.95. The summed E-state index contributed by atoms with van der Waals surface area (Å²) in [4.78, 5) is 26.4. The van der Waals surface area contributed by atoms with Crippen molar-refractivity contribution in [3.63, 3.8) is 0 Å². The number of piperidine rings is 1. The zero-order valence-electron chi connectivity index (χ0n) is 14.4. The van der Waals surface area contributed by atoms with Crippen molar-refractivity contribution in [2.45, 2.75) is 39.5 Å². The van der Waals surface area contributed by atoms with Gasteiger partial charge in [-0.2, -0.15) is 0 Å². The number of likely N-dealkylation sites (tertiary alicyclic amines) is 1. The van der Waals surface area contributed by atoms with Gasteiger partial charge in [-0.1, -0.05) is 51.1 Å². The summed E-state index contributed by atoms with van der Waals surface area (Å²) in [7, 11) is 0. The number of hydrogen-bond acceptors (Lipinski definition) is 2. The molecule has 126 valence electrons. The third kappa shape index (κ3) is 4.81.